The van der Waals surface area contributed by atoms with Gasteiger partial charge in [-0.3, -0.25) is 4.98 Å². The third-order valence-corrected chi connectivity index (χ3v) is 4.06. The molecule has 0 atom stereocenters. The highest BCUT2D eigenvalue weighted by molar-refractivity contribution is 5.87. The molecule has 2 heterocycles. The third kappa shape index (κ3) is 1.89. The Morgan fingerprint density at radius 3 is 2.74 bits per heavy atom. The molecule has 0 bridgehead atoms. The van der Waals surface area contributed by atoms with Crippen molar-refractivity contribution in [1.82, 2.24) is 9.88 Å². The number of hydrogen-bond donors (Lipinski definition) is 0. The summed E-state index contributed by atoms with van der Waals surface area (Å²) >= 11 is 0. The normalized spacial score (nSPS) is 15.3. The molecule has 0 unspecified atom stereocenters. The summed E-state index contributed by atoms with van der Waals surface area (Å²) in [4.78, 5) is 7.03. The first-order chi connectivity index (χ1) is 9.10. The number of aryl methyl sites for hydroxylation is 2. The van der Waals surface area contributed by atoms with Crippen molar-refractivity contribution in [2.45, 2.75) is 26.8 Å². The quantitative estimate of drug-likeness (QED) is 0.722. The van der Waals surface area contributed by atoms with Gasteiger partial charge in [0.15, 0.2) is 0 Å². The predicted octanol–water partition coefficient (Wildman–Crippen LogP) is 2.71. The lowest BCUT2D eigenvalue weighted by atomic mass is 9.95. The van der Waals surface area contributed by atoms with E-state index in [4.69, 9.17) is 4.98 Å². The van der Waals surface area contributed by atoms with Gasteiger partial charge >= 0.3 is 0 Å². The summed E-state index contributed by atoms with van der Waals surface area (Å²) in [5.41, 5.74) is 6.45. The summed E-state index contributed by atoms with van der Waals surface area (Å²) in [7, 11) is 2.09. The summed E-state index contributed by atoms with van der Waals surface area (Å²) in [5.74, 6) is 0. The fourth-order valence-corrected chi connectivity index (χ4v) is 2.76. The van der Waals surface area contributed by atoms with Crippen molar-refractivity contribution in [3.63, 3.8) is 0 Å². The maximum absolute atomic E-state index is 9.54. The molecule has 19 heavy (non-hydrogen) atoms. The Labute approximate surface area is 113 Å². The highest BCUT2D eigenvalue weighted by atomic mass is 15.1. The van der Waals surface area contributed by atoms with Crippen LogP contribution < -0.4 is 0 Å². The number of nitriles is 1. The number of benzene rings is 1. The Kier molecular flexibility index (Phi) is 2.76. The van der Waals surface area contributed by atoms with Gasteiger partial charge < -0.3 is 4.90 Å². The maximum atomic E-state index is 9.54. The molecule has 3 heteroatoms. The fourth-order valence-electron chi connectivity index (χ4n) is 2.76. The molecule has 0 amide bonds. The predicted molar refractivity (Wildman–Crippen MR) is 76.0 cm³/mol. The van der Waals surface area contributed by atoms with Crippen molar-refractivity contribution < 1.29 is 0 Å². The maximum Gasteiger partial charge on any atom is 0.100 e. The number of pyridine rings is 1. The van der Waals surface area contributed by atoms with E-state index in [0.717, 1.165) is 47.2 Å². The van der Waals surface area contributed by atoms with Gasteiger partial charge in [0.2, 0.25) is 0 Å². The molecule has 1 aliphatic rings. The highest BCUT2D eigenvalue weighted by Crippen LogP contribution is 2.28. The summed E-state index contributed by atoms with van der Waals surface area (Å²) in [5, 5.41) is 10.5. The van der Waals surface area contributed by atoms with Gasteiger partial charge in [0.25, 0.3) is 0 Å². The molecule has 1 aromatic heterocycles. The van der Waals surface area contributed by atoms with Crippen LogP contribution in [0.1, 0.15) is 27.9 Å². The lowest BCUT2D eigenvalue weighted by molar-refractivity contribution is 0.310. The van der Waals surface area contributed by atoms with E-state index in [2.05, 4.69) is 44.0 Å². The molecule has 3 rings (SSSR count). The molecular formula is C16H17N3. The van der Waals surface area contributed by atoms with Crippen LogP contribution >= 0.6 is 0 Å². The Balaban J connectivity index is 2.37. The van der Waals surface area contributed by atoms with Crippen LogP contribution in [-0.4, -0.2) is 23.5 Å². The molecule has 0 saturated heterocycles. The molecule has 1 aromatic carbocycles. The van der Waals surface area contributed by atoms with Crippen molar-refractivity contribution in [1.29, 1.82) is 5.26 Å². The largest absolute Gasteiger partial charge is 0.302 e. The monoisotopic (exact) mass is 251 g/mol. The van der Waals surface area contributed by atoms with E-state index in [1.807, 2.05) is 0 Å². The third-order valence-electron chi connectivity index (χ3n) is 4.06. The molecule has 0 aliphatic carbocycles. The molecule has 3 nitrogen and oxygen atoms in total. The van der Waals surface area contributed by atoms with Crippen molar-refractivity contribution in [2.24, 2.45) is 0 Å². The minimum absolute atomic E-state index is 0.814. The van der Waals surface area contributed by atoms with Crippen LogP contribution in [0.3, 0.4) is 0 Å². The minimum atomic E-state index is 0.814. The number of nitrogens with zero attached hydrogens (tertiary/aromatic N) is 3. The molecule has 1 aliphatic heterocycles. The average molecular weight is 251 g/mol. The van der Waals surface area contributed by atoms with Crippen molar-refractivity contribution in [3.8, 4) is 6.07 Å². The first-order valence-corrected chi connectivity index (χ1v) is 6.61. The van der Waals surface area contributed by atoms with E-state index < -0.39 is 0 Å². The molecular weight excluding hydrogens is 234 g/mol. The van der Waals surface area contributed by atoms with Gasteiger partial charge in [0, 0.05) is 36.2 Å². The molecule has 0 N–H and O–H groups in total. The molecule has 0 radical (unpaired) electrons. The summed E-state index contributed by atoms with van der Waals surface area (Å²) < 4.78 is 0. The zero-order valence-corrected chi connectivity index (χ0v) is 11.6. The van der Waals surface area contributed by atoms with E-state index in [0.29, 0.717) is 0 Å². The Morgan fingerprint density at radius 1 is 1.26 bits per heavy atom. The van der Waals surface area contributed by atoms with Crippen molar-refractivity contribution in [3.05, 3.63) is 40.1 Å². The van der Waals surface area contributed by atoms with Gasteiger partial charge in [-0.05, 0) is 44.2 Å². The smallest absolute Gasteiger partial charge is 0.100 e. The van der Waals surface area contributed by atoms with Gasteiger partial charge in [-0.25, -0.2) is 0 Å². The number of hydrogen-bond acceptors (Lipinski definition) is 3. The van der Waals surface area contributed by atoms with Crippen LogP contribution in [-0.2, 0) is 13.0 Å². The number of likely N-dealkylation sites (N-methyl/N-ethyl adjacent to an activating group) is 1. The van der Waals surface area contributed by atoms with E-state index in [1.165, 1.54) is 11.1 Å². The summed E-state index contributed by atoms with van der Waals surface area (Å²) in [6.45, 7) is 6.02. The lowest BCUT2D eigenvalue weighted by Gasteiger charge is -2.25. The lowest BCUT2D eigenvalue weighted by Crippen LogP contribution is -2.28. The van der Waals surface area contributed by atoms with E-state index >= 15 is 0 Å². The van der Waals surface area contributed by atoms with E-state index in [1.54, 1.807) is 0 Å². The number of fused-ring (bicyclic) bond motifs is 2. The van der Waals surface area contributed by atoms with Gasteiger partial charge in [-0.2, -0.15) is 5.26 Å². The average Bonchev–Trinajstić information content (AvgIpc) is 2.38. The van der Waals surface area contributed by atoms with Gasteiger partial charge in [-0.1, -0.05) is 0 Å². The van der Waals surface area contributed by atoms with Crippen LogP contribution in [0.25, 0.3) is 10.9 Å². The van der Waals surface area contributed by atoms with Gasteiger partial charge in [-0.15, -0.1) is 0 Å². The summed E-state index contributed by atoms with van der Waals surface area (Å²) in [6.07, 6.45) is 0.934. The Bertz CT molecular complexity index is 710. The standard InChI is InChI=1S/C16H17N3/c1-10-6-12-13(8-17)14-9-19(3)5-4-15(14)18-16(12)7-11(10)2/h6-7H,4-5,9H2,1-3H3. The Hall–Kier alpha value is -1.92. The minimum Gasteiger partial charge on any atom is -0.302 e. The van der Waals surface area contributed by atoms with Crippen LogP contribution in [0, 0.1) is 25.2 Å². The van der Waals surface area contributed by atoms with E-state index in [-0.39, 0.29) is 0 Å². The van der Waals surface area contributed by atoms with Crippen molar-refractivity contribution >= 4 is 10.9 Å². The van der Waals surface area contributed by atoms with Crippen LogP contribution in [0.5, 0.6) is 0 Å². The van der Waals surface area contributed by atoms with E-state index in [9.17, 15) is 5.26 Å². The zero-order chi connectivity index (χ0) is 13.6. The summed E-state index contributed by atoms with van der Waals surface area (Å²) in [6, 6.07) is 6.60. The number of aromatic nitrogens is 1. The van der Waals surface area contributed by atoms with Crippen molar-refractivity contribution in [2.75, 3.05) is 13.6 Å². The second-order valence-electron chi connectivity index (χ2n) is 5.47. The second kappa shape index (κ2) is 4.32. The molecule has 0 fully saturated rings. The number of rotatable bonds is 0. The second-order valence-corrected chi connectivity index (χ2v) is 5.47. The Morgan fingerprint density at radius 2 is 2.00 bits per heavy atom. The topological polar surface area (TPSA) is 39.9 Å². The SMILES string of the molecule is Cc1cc2nc3c(c(C#N)c2cc1C)CN(C)CC3. The molecule has 96 valence electrons. The van der Waals surface area contributed by atoms with Gasteiger partial charge in [0.05, 0.1) is 11.1 Å². The first kappa shape index (κ1) is 12.1. The first-order valence-electron chi connectivity index (χ1n) is 6.61. The molecule has 0 spiro atoms. The van der Waals surface area contributed by atoms with Crippen LogP contribution in [0.4, 0.5) is 0 Å². The highest BCUT2D eigenvalue weighted by Gasteiger charge is 2.20. The molecule has 2 aromatic rings. The van der Waals surface area contributed by atoms with Crippen LogP contribution in [0.15, 0.2) is 12.1 Å². The zero-order valence-electron chi connectivity index (χ0n) is 11.6. The fraction of sp³-hybridized carbons (Fsp3) is 0.375. The van der Waals surface area contributed by atoms with Gasteiger partial charge in [0.1, 0.15) is 6.07 Å². The molecule has 0 saturated carbocycles. The van der Waals surface area contributed by atoms with Crippen LogP contribution in [0.2, 0.25) is 0 Å².